The molecule has 0 radical (unpaired) electrons. The monoisotopic (exact) mass is 278 g/mol. The fourth-order valence-electron chi connectivity index (χ4n) is 2.42. The van der Waals surface area contributed by atoms with Crippen LogP contribution in [0.1, 0.15) is 50.4 Å². The van der Waals surface area contributed by atoms with Crippen molar-refractivity contribution in [2.75, 3.05) is 26.2 Å². The van der Waals surface area contributed by atoms with E-state index in [0.29, 0.717) is 5.56 Å². The number of hydrogen-bond donors (Lipinski definition) is 1. The van der Waals surface area contributed by atoms with Gasteiger partial charge in [-0.1, -0.05) is 0 Å². The lowest BCUT2D eigenvalue weighted by atomic mass is 10.1. The van der Waals surface area contributed by atoms with Gasteiger partial charge in [0.25, 0.3) is 5.91 Å². The summed E-state index contributed by atoms with van der Waals surface area (Å²) in [5.41, 5.74) is 0.551. The average molecular weight is 278 g/mol. The lowest BCUT2D eigenvalue weighted by molar-refractivity contribution is 0.0952. The first-order valence-corrected chi connectivity index (χ1v) is 7.52. The van der Waals surface area contributed by atoms with Gasteiger partial charge in [0.2, 0.25) is 0 Å². The fourth-order valence-corrected chi connectivity index (χ4v) is 2.42. The maximum Gasteiger partial charge on any atom is 0.254 e. The zero-order valence-corrected chi connectivity index (χ0v) is 12.9. The second-order valence-corrected chi connectivity index (χ2v) is 6.50. The van der Waals surface area contributed by atoms with Crippen molar-refractivity contribution >= 4 is 5.91 Å². The third kappa shape index (κ3) is 4.07. The molecule has 1 aliphatic heterocycles. The number of nitrogens with one attached hydrogen (secondary N) is 1. The summed E-state index contributed by atoms with van der Waals surface area (Å²) in [5, 5.41) is 7.22. The standard InChI is InChI=1S/C15H26N4O/c1-15(2,3)19-12-13(11-17-19)14(20)16-7-6-10-18-8-4-5-9-18/h11-12H,4-10H2,1-3H3,(H,16,20). The lowest BCUT2D eigenvalue weighted by Crippen LogP contribution is -2.28. The molecule has 1 aromatic heterocycles. The van der Waals surface area contributed by atoms with Crippen LogP contribution >= 0.6 is 0 Å². The van der Waals surface area contributed by atoms with E-state index < -0.39 is 0 Å². The van der Waals surface area contributed by atoms with E-state index in [1.807, 2.05) is 10.9 Å². The van der Waals surface area contributed by atoms with Crippen molar-refractivity contribution < 1.29 is 4.79 Å². The van der Waals surface area contributed by atoms with Gasteiger partial charge in [0.15, 0.2) is 0 Å². The molecule has 1 aliphatic rings. The van der Waals surface area contributed by atoms with E-state index in [-0.39, 0.29) is 11.4 Å². The van der Waals surface area contributed by atoms with E-state index in [1.165, 1.54) is 25.9 Å². The molecule has 0 aromatic carbocycles. The van der Waals surface area contributed by atoms with Gasteiger partial charge in [0, 0.05) is 12.7 Å². The van der Waals surface area contributed by atoms with Crippen molar-refractivity contribution in [1.82, 2.24) is 20.0 Å². The maximum absolute atomic E-state index is 12.0. The van der Waals surface area contributed by atoms with E-state index >= 15 is 0 Å². The van der Waals surface area contributed by atoms with E-state index in [9.17, 15) is 4.79 Å². The van der Waals surface area contributed by atoms with Crippen molar-refractivity contribution in [3.63, 3.8) is 0 Å². The van der Waals surface area contributed by atoms with Crippen LogP contribution in [0.3, 0.4) is 0 Å². The smallest absolute Gasteiger partial charge is 0.254 e. The Labute approximate surface area is 121 Å². The summed E-state index contributed by atoms with van der Waals surface area (Å²) in [7, 11) is 0. The molecule has 1 N–H and O–H groups in total. The summed E-state index contributed by atoms with van der Waals surface area (Å²) in [6.45, 7) is 10.4. The van der Waals surface area contributed by atoms with Gasteiger partial charge >= 0.3 is 0 Å². The van der Waals surface area contributed by atoms with Crippen molar-refractivity contribution in [1.29, 1.82) is 0 Å². The van der Waals surface area contributed by atoms with Gasteiger partial charge < -0.3 is 10.2 Å². The summed E-state index contributed by atoms with van der Waals surface area (Å²) < 4.78 is 1.83. The Morgan fingerprint density at radius 2 is 2.05 bits per heavy atom. The molecule has 1 aromatic rings. The molecule has 0 saturated carbocycles. The van der Waals surface area contributed by atoms with Gasteiger partial charge in [-0.25, -0.2) is 0 Å². The molecule has 1 amide bonds. The second-order valence-electron chi connectivity index (χ2n) is 6.50. The summed E-state index contributed by atoms with van der Waals surface area (Å²) >= 11 is 0. The minimum Gasteiger partial charge on any atom is -0.352 e. The Morgan fingerprint density at radius 1 is 1.35 bits per heavy atom. The number of carbonyl (C=O) groups excluding carboxylic acids is 1. The Kier molecular flexibility index (Phi) is 4.81. The Bertz CT molecular complexity index is 441. The molecule has 0 spiro atoms. The fraction of sp³-hybridized carbons (Fsp3) is 0.733. The molecular formula is C15H26N4O. The van der Waals surface area contributed by atoms with E-state index in [1.54, 1.807) is 6.20 Å². The normalized spacial score (nSPS) is 16.6. The molecule has 0 unspecified atom stereocenters. The topological polar surface area (TPSA) is 50.2 Å². The summed E-state index contributed by atoms with van der Waals surface area (Å²) in [5.74, 6) is -0.0260. The highest BCUT2D eigenvalue weighted by Crippen LogP contribution is 2.13. The number of amides is 1. The molecule has 5 heteroatoms. The highest BCUT2D eigenvalue weighted by Gasteiger charge is 2.16. The zero-order chi connectivity index (χ0) is 14.6. The van der Waals surface area contributed by atoms with Gasteiger partial charge in [-0.05, 0) is 59.7 Å². The van der Waals surface area contributed by atoms with Crippen LogP contribution in [0.25, 0.3) is 0 Å². The summed E-state index contributed by atoms with van der Waals surface area (Å²) in [4.78, 5) is 14.5. The average Bonchev–Trinajstić information content (AvgIpc) is 3.04. The Hall–Kier alpha value is -1.36. The molecule has 1 fully saturated rings. The van der Waals surface area contributed by atoms with Gasteiger partial charge in [0.05, 0.1) is 17.3 Å². The number of hydrogen-bond acceptors (Lipinski definition) is 3. The quantitative estimate of drug-likeness (QED) is 0.836. The lowest BCUT2D eigenvalue weighted by Gasteiger charge is -2.18. The minimum absolute atomic E-state index is 0.0260. The summed E-state index contributed by atoms with van der Waals surface area (Å²) in [6, 6.07) is 0. The first-order valence-electron chi connectivity index (χ1n) is 7.52. The Balaban J connectivity index is 1.72. The van der Waals surface area contributed by atoms with Crippen molar-refractivity contribution in [2.24, 2.45) is 0 Å². The predicted octanol–water partition coefficient (Wildman–Crippen LogP) is 1.85. The number of nitrogens with zero attached hydrogens (tertiary/aromatic N) is 3. The highest BCUT2D eigenvalue weighted by molar-refractivity contribution is 5.93. The van der Waals surface area contributed by atoms with Crippen LogP contribution < -0.4 is 5.32 Å². The first kappa shape index (κ1) is 15.0. The van der Waals surface area contributed by atoms with Gasteiger partial charge in [-0.15, -0.1) is 0 Å². The van der Waals surface area contributed by atoms with Crippen LogP contribution in [-0.4, -0.2) is 46.8 Å². The molecule has 0 bridgehead atoms. The number of aromatic nitrogens is 2. The second kappa shape index (κ2) is 6.39. The highest BCUT2D eigenvalue weighted by atomic mass is 16.1. The molecule has 5 nitrogen and oxygen atoms in total. The number of rotatable bonds is 5. The maximum atomic E-state index is 12.0. The minimum atomic E-state index is -0.0890. The SMILES string of the molecule is CC(C)(C)n1cc(C(=O)NCCCN2CCCC2)cn1. The van der Waals surface area contributed by atoms with Crippen LogP contribution in [0.4, 0.5) is 0 Å². The van der Waals surface area contributed by atoms with Crippen LogP contribution in [0.2, 0.25) is 0 Å². The zero-order valence-electron chi connectivity index (χ0n) is 12.9. The molecule has 0 aliphatic carbocycles. The molecule has 112 valence electrons. The Morgan fingerprint density at radius 3 is 2.65 bits per heavy atom. The molecule has 0 atom stereocenters. The number of likely N-dealkylation sites (tertiary alicyclic amines) is 1. The van der Waals surface area contributed by atoms with Crippen LogP contribution in [0.15, 0.2) is 12.4 Å². The molecule has 1 saturated heterocycles. The van der Waals surface area contributed by atoms with Crippen molar-refractivity contribution in [2.45, 2.75) is 45.6 Å². The third-order valence-electron chi connectivity index (χ3n) is 3.67. The van der Waals surface area contributed by atoms with E-state index in [2.05, 4.69) is 36.1 Å². The molecule has 2 rings (SSSR count). The predicted molar refractivity (Wildman–Crippen MR) is 79.8 cm³/mol. The van der Waals surface area contributed by atoms with E-state index in [4.69, 9.17) is 0 Å². The van der Waals surface area contributed by atoms with E-state index in [0.717, 1.165) is 19.5 Å². The van der Waals surface area contributed by atoms with Crippen LogP contribution in [-0.2, 0) is 5.54 Å². The third-order valence-corrected chi connectivity index (χ3v) is 3.67. The molecular weight excluding hydrogens is 252 g/mol. The summed E-state index contributed by atoms with van der Waals surface area (Å²) in [6.07, 6.45) is 7.10. The van der Waals surface area contributed by atoms with Gasteiger partial charge in [-0.2, -0.15) is 5.10 Å². The van der Waals surface area contributed by atoms with Crippen molar-refractivity contribution in [3.05, 3.63) is 18.0 Å². The van der Waals surface area contributed by atoms with Crippen LogP contribution in [0.5, 0.6) is 0 Å². The molecule has 2 heterocycles. The van der Waals surface area contributed by atoms with Gasteiger partial charge in [0.1, 0.15) is 0 Å². The van der Waals surface area contributed by atoms with Crippen molar-refractivity contribution in [3.8, 4) is 0 Å². The first-order chi connectivity index (χ1) is 9.47. The van der Waals surface area contributed by atoms with Crippen LogP contribution in [0, 0.1) is 0 Å². The van der Waals surface area contributed by atoms with Gasteiger partial charge in [-0.3, -0.25) is 9.48 Å². The number of carbonyl (C=O) groups is 1. The largest absolute Gasteiger partial charge is 0.352 e. The molecule has 20 heavy (non-hydrogen) atoms.